The van der Waals surface area contributed by atoms with E-state index in [1.165, 1.54) is 12.8 Å². The molecule has 0 aromatic carbocycles. The molecule has 2 heterocycles. The Hall–Kier alpha value is -1.60. The van der Waals surface area contributed by atoms with Crippen molar-refractivity contribution in [3.05, 3.63) is 24.0 Å². The Labute approximate surface area is 95.7 Å². The van der Waals surface area contributed by atoms with E-state index < -0.39 is 0 Å². The molecule has 1 atom stereocenters. The number of nitrogens with zero attached hydrogens (tertiary/aromatic N) is 2. The maximum absolute atomic E-state index is 8.90. The Balaban J connectivity index is 1.82. The minimum atomic E-state index is 0.634. The molecule has 1 aromatic rings. The molecular weight excluding hydrogens is 200 g/mol. The highest BCUT2D eigenvalue weighted by atomic mass is 15.0. The number of aromatic nitrogens is 1. The lowest BCUT2D eigenvalue weighted by molar-refractivity contribution is 0.574. The fourth-order valence-electron chi connectivity index (χ4n) is 2.02. The zero-order valence-electron chi connectivity index (χ0n) is 9.24. The molecule has 1 aliphatic rings. The van der Waals surface area contributed by atoms with E-state index in [1.807, 2.05) is 0 Å². The van der Waals surface area contributed by atoms with Gasteiger partial charge < -0.3 is 10.6 Å². The smallest absolute Gasteiger partial charge is 0.101 e. The Morgan fingerprint density at radius 3 is 3.31 bits per heavy atom. The molecule has 2 rings (SSSR count). The molecular formula is C12H16N4. The number of pyridine rings is 1. The highest BCUT2D eigenvalue weighted by Crippen LogP contribution is 2.13. The number of nitriles is 1. The lowest BCUT2D eigenvalue weighted by atomic mass is 10.1. The van der Waals surface area contributed by atoms with E-state index in [-0.39, 0.29) is 0 Å². The molecule has 1 aromatic heterocycles. The van der Waals surface area contributed by atoms with Gasteiger partial charge in [0.15, 0.2) is 0 Å². The van der Waals surface area contributed by atoms with Crippen molar-refractivity contribution in [1.29, 1.82) is 5.26 Å². The molecule has 0 saturated carbocycles. The van der Waals surface area contributed by atoms with Crippen LogP contribution in [0.1, 0.15) is 24.8 Å². The highest BCUT2D eigenvalue weighted by Gasteiger charge is 2.13. The third kappa shape index (κ3) is 2.71. The molecule has 0 unspecified atom stereocenters. The average molecular weight is 216 g/mol. The van der Waals surface area contributed by atoms with E-state index in [0.717, 1.165) is 25.2 Å². The van der Waals surface area contributed by atoms with Gasteiger partial charge in [-0.2, -0.15) is 5.26 Å². The third-order valence-corrected chi connectivity index (χ3v) is 2.91. The maximum atomic E-state index is 8.90. The average Bonchev–Trinajstić information content (AvgIpc) is 2.83. The Morgan fingerprint density at radius 2 is 2.56 bits per heavy atom. The number of anilines is 1. The van der Waals surface area contributed by atoms with Crippen molar-refractivity contribution in [3.63, 3.8) is 0 Å². The standard InChI is InChI=1S/C12H16N4/c13-8-10-3-6-14-9-12(10)16-7-4-11-2-1-5-15-11/h3,6,9,11,15-16H,1-2,4-5,7H2/t11-/m1/s1. The van der Waals surface area contributed by atoms with Crippen molar-refractivity contribution >= 4 is 5.69 Å². The van der Waals surface area contributed by atoms with Gasteiger partial charge in [-0.3, -0.25) is 4.98 Å². The fraction of sp³-hybridized carbons (Fsp3) is 0.500. The predicted molar refractivity (Wildman–Crippen MR) is 63.1 cm³/mol. The van der Waals surface area contributed by atoms with Crippen molar-refractivity contribution in [1.82, 2.24) is 10.3 Å². The van der Waals surface area contributed by atoms with Gasteiger partial charge in [0.2, 0.25) is 0 Å². The number of hydrogen-bond donors (Lipinski definition) is 2. The fourth-order valence-corrected chi connectivity index (χ4v) is 2.02. The first-order chi connectivity index (χ1) is 7.90. The lowest BCUT2D eigenvalue weighted by Crippen LogP contribution is -2.24. The molecule has 1 aliphatic heterocycles. The predicted octanol–water partition coefficient (Wildman–Crippen LogP) is 1.51. The molecule has 84 valence electrons. The third-order valence-electron chi connectivity index (χ3n) is 2.91. The van der Waals surface area contributed by atoms with E-state index in [9.17, 15) is 0 Å². The molecule has 2 N–H and O–H groups in total. The largest absolute Gasteiger partial charge is 0.383 e. The van der Waals surface area contributed by atoms with Crippen molar-refractivity contribution in [2.24, 2.45) is 0 Å². The minimum Gasteiger partial charge on any atom is -0.383 e. The monoisotopic (exact) mass is 216 g/mol. The van der Waals surface area contributed by atoms with Crippen molar-refractivity contribution in [3.8, 4) is 6.07 Å². The van der Waals surface area contributed by atoms with Gasteiger partial charge in [-0.15, -0.1) is 0 Å². The topological polar surface area (TPSA) is 60.7 Å². The van der Waals surface area contributed by atoms with Gasteiger partial charge in [-0.05, 0) is 31.9 Å². The first-order valence-electron chi connectivity index (χ1n) is 5.71. The van der Waals surface area contributed by atoms with Crippen molar-refractivity contribution in [2.75, 3.05) is 18.4 Å². The summed E-state index contributed by atoms with van der Waals surface area (Å²) in [5.41, 5.74) is 1.50. The van der Waals surface area contributed by atoms with E-state index in [0.29, 0.717) is 11.6 Å². The maximum Gasteiger partial charge on any atom is 0.101 e. The van der Waals surface area contributed by atoms with Crippen LogP contribution in [0.25, 0.3) is 0 Å². The Morgan fingerprint density at radius 1 is 1.62 bits per heavy atom. The van der Waals surface area contributed by atoms with Gasteiger partial charge in [0.25, 0.3) is 0 Å². The second-order valence-corrected chi connectivity index (χ2v) is 4.04. The number of hydrogen-bond acceptors (Lipinski definition) is 4. The molecule has 4 heteroatoms. The van der Waals surface area contributed by atoms with E-state index in [1.54, 1.807) is 18.5 Å². The quantitative estimate of drug-likeness (QED) is 0.801. The molecule has 0 spiro atoms. The SMILES string of the molecule is N#Cc1ccncc1NCC[C@H]1CCCN1. The Kier molecular flexibility index (Phi) is 3.73. The molecule has 4 nitrogen and oxygen atoms in total. The van der Waals surface area contributed by atoms with Crippen LogP contribution in [0, 0.1) is 11.3 Å². The number of rotatable bonds is 4. The van der Waals surface area contributed by atoms with Crippen LogP contribution in [0.5, 0.6) is 0 Å². The van der Waals surface area contributed by atoms with Gasteiger partial charge in [0, 0.05) is 18.8 Å². The normalized spacial score (nSPS) is 19.3. The summed E-state index contributed by atoms with van der Waals surface area (Å²) >= 11 is 0. The molecule has 0 amide bonds. The van der Waals surface area contributed by atoms with Crippen LogP contribution in [0.4, 0.5) is 5.69 Å². The molecule has 0 aliphatic carbocycles. The first kappa shape index (κ1) is 10.9. The second-order valence-electron chi connectivity index (χ2n) is 4.04. The summed E-state index contributed by atoms with van der Waals surface area (Å²) in [4.78, 5) is 4.01. The van der Waals surface area contributed by atoms with Crippen LogP contribution in [0.3, 0.4) is 0 Å². The van der Waals surface area contributed by atoms with Gasteiger partial charge >= 0.3 is 0 Å². The molecule has 0 bridgehead atoms. The molecule has 0 radical (unpaired) electrons. The summed E-state index contributed by atoms with van der Waals surface area (Å²) in [6.07, 6.45) is 6.99. The van der Waals surface area contributed by atoms with E-state index in [2.05, 4.69) is 21.7 Å². The van der Waals surface area contributed by atoms with Gasteiger partial charge in [0.05, 0.1) is 17.4 Å². The lowest BCUT2D eigenvalue weighted by Gasteiger charge is -2.11. The van der Waals surface area contributed by atoms with Crippen LogP contribution in [-0.4, -0.2) is 24.1 Å². The van der Waals surface area contributed by atoms with Crippen LogP contribution >= 0.6 is 0 Å². The van der Waals surface area contributed by atoms with E-state index >= 15 is 0 Å². The van der Waals surface area contributed by atoms with Gasteiger partial charge in [-0.1, -0.05) is 0 Å². The second kappa shape index (κ2) is 5.47. The summed E-state index contributed by atoms with van der Waals surface area (Å²) in [6, 6.07) is 4.52. The summed E-state index contributed by atoms with van der Waals surface area (Å²) < 4.78 is 0. The first-order valence-corrected chi connectivity index (χ1v) is 5.71. The molecule has 1 saturated heterocycles. The van der Waals surface area contributed by atoms with Gasteiger partial charge in [-0.25, -0.2) is 0 Å². The zero-order chi connectivity index (χ0) is 11.2. The van der Waals surface area contributed by atoms with Crippen LogP contribution in [0.2, 0.25) is 0 Å². The van der Waals surface area contributed by atoms with Crippen molar-refractivity contribution < 1.29 is 0 Å². The van der Waals surface area contributed by atoms with Crippen LogP contribution in [-0.2, 0) is 0 Å². The Bertz CT molecular complexity index is 377. The molecule has 16 heavy (non-hydrogen) atoms. The minimum absolute atomic E-state index is 0.634. The highest BCUT2D eigenvalue weighted by molar-refractivity contribution is 5.55. The number of nitrogens with one attached hydrogen (secondary N) is 2. The van der Waals surface area contributed by atoms with E-state index in [4.69, 9.17) is 5.26 Å². The summed E-state index contributed by atoms with van der Waals surface area (Å²) in [5, 5.41) is 15.6. The summed E-state index contributed by atoms with van der Waals surface area (Å²) in [6.45, 7) is 2.03. The van der Waals surface area contributed by atoms with Gasteiger partial charge in [0.1, 0.15) is 6.07 Å². The summed E-state index contributed by atoms with van der Waals surface area (Å²) in [7, 11) is 0. The van der Waals surface area contributed by atoms with Crippen molar-refractivity contribution in [2.45, 2.75) is 25.3 Å². The molecule has 1 fully saturated rings. The zero-order valence-corrected chi connectivity index (χ0v) is 9.24. The summed E-state index contributed by atoms with van der Waals surface area (Å²) in [5.74, 6) is 0. The van der Waals surface area contributed by atoms with Crippen LogP contribution < -0.4 is 10.6 Å². The van der Waals surface area contributed by atoms with Crippen LogP contribution in [0.15, 0.2) is 18.5 Å².